The molecular weight excluding hydrogens is 432 g/mol. The molecule has 0 saturated heterocycles. The van der Waals surface area contributed by atoms with E-state index in [1.165, 1.54) is 18.9 Å². The predicted octanol–water partition coefficient (Wildman–Crippen LogP) is 4.64. The molecule has 0 aliphatic rings. The van der Waals surface area contributed by atoms with E-state index in [9.17, 15) is 13.2 Å². The molecule has 1 atom stereocenters. The highest BCUT2D eigenvalue weighted by Crippen LogP contribution is 2.33. The molecule has 0 fully saturated rings. The quantitative estimate of drug-likeness (QED) is 0.534. The SMILES string of the molecule is COc1ccc(N(C(C)C(=O)Nc2ccccc2Sc2ccccc2)S(C)(=O)=O)cc1. The number of para-hydroxylation sites is 1. The maximum Gasteiger partial charge on any atom is 0.248 e. The Kier molecular flexibility index (Phi) is 7.25. The summed E-state index contributed by atoms with van der Waals surface area (Å²) in [4.78, 5) is 15.0. The summed E-state index contributed by atoms with van der Waals surface area (Å²) in [6.45, 7) is 1.56. The van der Waals surface area contributed by atoms with Crippen molar-refractivity contribution in [3.05, 3.63) is 78.9 Å². The Hall–Kier alpha value is -2.97. The summed E-state index contributed by atoms with van der Waals surface area (Å²) in [5.41, 5.74) is 1.01. The van der Waals surface area contributed by atoms with E-state index in [1.54, 1.807) is 37.3 Å². The van der Waals surface area contributed by atoms with Crippen LogP contribution in [-0.4, -0.2) is 33.7 Å². The Morgan fingerprint density at radius 1 is 0.968 bits per heavy atom. The van der Waals surface area contributed by atoms with Crippen LogP contribution in [-0.2, 0) is 14.8 Å². The minimum absolute atomic E-state index is 0.387. The lowest BCUT2D eigenvalue weighted by Crippen LogP contribution is -2.45. The van der Waals surface area contributed by atoms with Crippen molar-refractivity contribution in [2.45, 2.75) is 22.8 Å². The molecule has 0 saturated carbocycles. The fourth-order valence-corrected chi connectivity index (χ4v) is 5.15. The molecule has 0 heterocycles. The van der Waals surface area contributed by atoms with Gasteiger partial charge in [0.2, 0.25) is 15.9 Å². The largest absolute Gasteiger partial charge is 0.497 e. The number of ether oxygens (including phenoxy) is 1. The first kappa shape index (κ1) is 22.7. The zero-order valence-corrected chi connectivity index (χ0v) is 19.1. The highest BCUT2D eigenvalue weighted by Gasteiger charge is 2.29. The zero-order chi connectivity index (χ0) is 22.4. The number of sulfonamides is 1. The van der Waals surface area contributed by atoms with Gasteiger partial charge in [-0.2, -0.15) is 0 Å². The second-order valence-corrected chi connectivity index (χ2v) is 9.81. The first-order valence-corrected chi connectivity index (χ1v) is 12.2. The molecule has 8 heteroatoms. The number of nitrogens with zero attached hydrogens (tertiary/aromatic N) is 1. The number of carbonyl (C=O) groups is 1. The van der Waals surface area contributed by atoms with Crippen LogP contribution in [0, 0.1) is 0 Å². The van der Waals surface area contributed by atoms with Crippen LogP contribution in [0.15, 0.2) is 88.7 Å². The van der Waals surface area contributed by atoms with Crippen LogP contribution >= 0.6 is 11.8 Å². The molecule has 1 N–H and O–H groups in total. The standard InChI is InChI=1S/C23H24N2O4S2/c1-17(25(31(3,27)28)18-13-15-19(29-2)16-14-18)23(26)24-21-11-7-8-12-22(21)30-20-9-5-4-6-10-20/h4-17H,1-3H3,(H,24,26). The van der Waals surface area contributed by atoms with Crippen molar-refractivity contribution in [3.63, 3.8) is 0 Å². The summed E-state index contributed by atoms with van der Waals surface area (Å²) in [7, 11) is -2.17. The Labute approximate surface area is 187 Å². The third kappa shape index (κ3) is 5.80. The summed E-state index contributed by atoms with van der Waals surface area (Å²) in [5.74, 6) is 0.170. The van der Waals surface area contributed by atoms with Gasteiger partial charge in [0, 0.05) is 9.79 Å². The lowest BCUT2D eigenvalue weighted by atomic mass is 10.2. The van der Waals surface area contributed by atoms with Crippen molar-refractivity contribution in [3.8, 4) is 5.75 Å². The van der Waals surface area contributed by atoms with Gasteiger partial charge in [0.15, 0.2) is 0 Å². The molecule has 0 aliphatic carbocycles. The number of rotatable bonds is 8. The monoisotopic (exact) mass is 456 g/mol. The van der Waals surface area contributed by atoms with Crippen LogP contribution in [0.3, 0.4) is 0 Å². The third-order valence-corrected chi connectivity index (χ3v) is 6.86. The minimum atomic E-state index is -3.71. The van der Waals surface area contributed by atoms with Gasteiger partial charge in [0.1, 0.15) is 11.8 Å². The normalized spacial score (nSPS) is 12.1. The number of hydrogen-bond acceptors (Lipinski definition) is 5. The molecule has 3 aromatic carbocycles. The summed E-state index contributed by atoms with van der Waals surface area (Å²) in [6, 6.07) is 22.8. The Balaban J connectivity index is 1.84. The van der Waals surface area contributed by atoms with E-state index in [0.29, 0.717) is 17.1 Å². The van der Waals surface area contributed by atoms with E-state index in [4.69, 9.17) is 4.74 Å². The van der Waals surface area contributed by atoms with Crippen LogP contribution in [0.5, 0.6) is 5.75 Å². The van der Waals surface area contributed by atoms with E-state index in [0.717, 1.165) is 20.4 Å². The predicted molar refractivity (Wildman–Crippen MR) is 125 cm³/mol. The van der Waals surface area contributed by atoms with Gasteiger partial charge in [-0.3, -0.25) is 9.10 Å². The summed E-state index contributed by atoms with van der Waals surface area (Å²) < 4.78 is 31.2. The van der Waals surface area contributed by atoms with E-state index in [-0.39, 0.29) is 0 Å². The summed E-state index contributed by atoms with van der Waals surface area (Å²) >= 11 is 1.52. The first-order valence-electron chi connectivity index (χ1n) is 9.56. The minimum Gasteiger partial charge on any atom is -0.497 e. The van der Waals surface area contributed by atoms with Gasteiger partial charge in [0.05, 0.1) is 24.7 Å². The van der Waals surface area contributed by atoms with E-state index >= 15 is 0 Å². The van der Waals surface area contributed by atoms with Crippen molar-refractivity contribution >= 4 is 39.1 Å². The number of hydrogen-bond donors (Lipinski definition) is 1. The second-order valence-electron chi connectivity index (χ2n) is 6.83. The van der Waals surface area contributed by atoms with Crippen LogP contribution in [0.1, 0.15) is 6.92 Å². The number of benzene rings is 3. The Morgan fingerprint density at radius 2 is 1.58 bits per heavy atom. The average molecular weight is 457 g/mol. The topological polar surface area (TPSA) is 75.7 Å². The number of nitrogens with one attached hydrogen (secondary N) is 1. The molecule has 6 nitrogen and oxygen atoms in total. The van der Waals surface area contributed by atoms with Gasteiger partial charge < -0.3 is 10.1 Å². The molecular formula is C23H24N2O4S2. The number of amides is 1. The van der Waals surface area contributed by atoms with Gasteiger partial charge in [-0.15, -0.1) is 0 Å². The second kappa shape index (κ2) is 9.89. The molecule has 0 aromatic heterocycles. The molecule has 0 spiro atoms. The van der Waals surface area contributed by atoms with Crippen molar-refractivity contribution < 1.29 is 17.9 Å². The van der Waals surface area contributed by atoms with Crippen molar-refractivity contribution in [1.82, 2.24) is 0 Å². The molecule has 0 aliphatic heterocycles. The molecule has 1 amide bonds. The molecule has 3 aromatic rings. The van der Waals surface area contributed by atoms with Crippen molar-refractivity contribution in [2.24, 2.45) is 0 Å². The van der Waals surface area contributed by atoms with Gasteiger partial charge in [-0.25, -0.2) is 8.42 Å². The van der Waals surface area contributed by atoms with Gasteiger partial charge in [-0.05, 0) is 55.5 Å². The number of anilines is 2. The van der Waals surface area contributed by atoms with Gasteiger partial charge >= 0.3 is 0 Å². The summed E-state index contributed by atoms with van der Waals surface area (Å²) in [5, 5.41) is 2.88. The lowest BCUT2D eigenvalue weighted by molar-refractivity contribution is -0.116. The fraction of sp³-hybridized carbons (Fsp3) is 0.174. The maximum atomic E-state index is 13.1. The number of methoxy groups -OCH3 is 1. The van der Waals surface area contributed by atoms with Crippen molar-refractivity contribution in [1.29, 1.82) is 0 Å². The average Bonchev–Trinajstić information content (AvgIpc) is 2.75. The molecule has 0 radical (unpaired) electrons. The molecule has 0 bridgehead atoms. The Bertz CT molecular complexity index is 1130. The first-order chi connectivity index (χ1) is 14.8. The van der Waals surface area contributed by atoms with E-state index in [2.05, 4.69) is 5.32 Å². The Morgan fingerprint density at radius 3 is 2.19 bits per heavy atom. The van der Waals surface area contributed by atoms with E-state index < -0.39 is 22.0 Å². The molecule has 3 rings (SSSR count). The highest BCUT2D eigenvalue weighted by atomic mass is 32.2. The zero-order valence-electron chi connectivity index (χ0n) is 17.5. The number of carbonyl (C=O) groups excluding carboxylic acids is 1. The van der Waals surface area contributed by atoms with Crippen LogP contribution in [0.4, 0.5) is 11.4 Å². The van der Waals surface area contributed by atoms with Crippen LogP contribution < -0.4 is 14.4 Å². The third-order valence-electron chi connectivity index (χ3n) is 4.53. The van der Waals surface area contributed by atoms with Gasteiger partial charge in [-0.1, -0.05) is 42.1 Å². The molecule has 31 heavy (non-hydrogen) atoms. The highest BCUT2D eigenvalue weighted by molar-refractivity contribution is 7.99. The van der Waals surface area contributed by atoms with Gasteiger partial charge in [0.25, 0.3) is 0 Å². The van der Waals surface area contributed by atoms with E-state index in [1.807, 2.05) is 48.5 Å². The summed E-state index contributed by atoms with van der Waals surface area (Å²) in [6.07, 6.45) is 1.08. The van der Waals surface area contributed by atoms with Crippen LogP contribution in [0.25, 0.3) is 0 Å². The maximum absolute atomic E-state index is 13.1. The lowest BCUT2D eigenvalue weighted by Gasteiger charge is -2.28. The molecule has 162 valence electrons. The smallest absolute Gasteiger partial charge is 0.248 e. The van der Waals surface area contributed by atoms with Crippen LogP contribution in [0.2, 0.25) is 0 Å². The van der Waals surface area contributed by atoms with Crippen molar-refractivity contribution in [2.75, 3.05) is 23.0 Å². The fourth-order valence-electron chi connectivity index (χ4n) is 3.05. The molecule has 1 unspecified atom stereocenters.